The molecule has 2 aromatic rings. The number of carbonyl (C=O) groups is 1. The number of hydrogen-bond acceptors (Lipinski definition) is 4. The Morgan fingerprint density at radius 2 is 2.13 bits per heavy atom. The predicted molar refractivity (Wildman–Crippen MR) is 87.3 cm³/mol. The molecule has 3 nitrogen and oxygen atoms in total. The molecule has 0 aliphatic heterocycles. The average molecular weight is 381 g/mol. The van der Waals surface area contributed by atoms with E-state index in [0.29, 0.717) is 0 Å². The first kappa shape index (κ1) is 18.1. The molecule has 9 heteroatoms. The van der Waals surface area contributed by atoms with Gasteiger partial charge in [0.1, 0.15) is 0 Å². The lowest BCUT2D eigenvalue weighted by Crippen LogP contribution is -2.22. The van der Waals surface area contributed by atoms with Crippen LogP contribution in [0.25, 0.3) is 0 Å². The zero-order valence-corrected chi connectivity index (χ0v) is 14.5. The number of nitrogens with one attached hydrogen (secondary N) is 1. The van der Waals surface area contributed by atoms with Crippen molar-refractivity contribution in [3.63, 3.8) is 0 Å². The smallest absolute Gasteiger partial charge is 0.324 e. The Labute approximate surface area is 144 Å². The van der Waals surface area contributed by atoms with Gasteiger partial charge in [0.25, 0.3) is 0 Å². The number of aryl methyl sites for hydroxylation is 1. The van der Waals surface area contributed by atoms with Crippen LogP contribution in [0, 0.1) is 6.92 Å². The number of thiazole rings is 1. The first-order chi connectivity index (χ1) is 10.7. The van der Waals surface area contributed by atoms with Gasteiger partial charge in [0.2, 0.25) is 5.91 Å². The van der Waals surface area contributed by atoms with Crippen molar-refractivity contribution in [2.24, 2.45) is 0 Å². The van der Waals surface area contributed by atoms with Crippen LogP contribution in [-0.4, -0.2) is 16.1 Å². The van der Waals surface area contributed by atoms with Crippen molar-refractivity contribution in [2.75, 3.05) is 5.32 Å². The van der Waals surface area contributed by atoms with Crippen LogP contribution in [0.1, 0.15) is 18.2 Å². The number of anilines is 1. The van der Waals surface area contributed by atoms with Crippen LogP contribution in [0.5, 0.6) is 0 Å². The van der Waals surface area contributed by atoms with Gasteiger partial charge in [-0.2, -0.15) is 13.2 Å². The van der Waals surface area contributed by atoms with Crippen LogP contribution in [0.4, 0.5) is 18.9 Å². The Bertz CT molecular complexity index is 718. The fourth-order valence-electron chi connectivity index (χ4n) is 1.62. The summed E-state index contributed by atoms with van der Waals surface area (Å²) in [5, 5.41) is 3.82. The van der Waals surface area contributed by atoms with Gasteiger partial charge >= 0.3 is 6.18 Å². The minimum Gasteiger partial charge on any atom is -0.324 e. The monoisotopic (exact) mass is 380 g/mol. The zero-order valence-electron chi connectivity index (χ0n) is 12.1. The third kappa shape index (κ3) is 4.86. The lowest BCUT2D eigenvalue weighted by atomic mass is 10.2. The molecule has 0 aliphatic rings. The van der Waals surface area contributed by atoms with E-state index in [9.17, 15) is 18.0 Å². The Morgan fingerprint density at radius 1 is 1.43 bits per heavy atom. The minimum absolute atomic E-state index is 0.0497. The van der Waals surface area contributed by atoms with Crippen molar-refractivity contribution >= 4 is 46.3 Å². The molecular weight excluding hydrogens is 369 g/mol. The normalized spacial score (nSPS) is 13.0. The van der Waals surface area contributed by atoms with E-state index >= 15 is 0 Å². The number of carbonyl (C=O) groups excluding carboxylic acids is 1. The molecule has 0 saturated heterocycles. The summed E-state index contributed by atoms with van der Waals surface area (Å²) in [6.45, 7) is 3.49. The third-order valence-corrected chi connectivity index (χ3v) is 5.32. The summed E-state index contributed by atoms with van der Waals surface area (Å²) in [5.74, 6) is -0.441. The topological polar surface area (TPSA) is 42.0 Å². The third-order valence-electron chi connectivity index (χ3n) is 2.80. The predicted octanol–water partition coefficient (Wildman–Crippen LogP) is 5.24. The van der Waals surface area contributed by atoms with Crippen molar-refractivity contribution in [1.29, 1.82) is 0 Å². The Hall–Kier alpha value is -1.25. The molecule has 0 fully saturated rings. The van der Waals surface area contributed by atoms with E-state index in [2.05, 4.69) is 10.3 Å². The van der Waals surface area contributed by atoms with Gasteiger partial charge in [-0.3, -0.25) is 4.79 Å². The van der Waals surface area contributed by atoms with Crippen molar-refractivity contribution < 1.29 is 18.0 Å². The van der Waals surface area contributed by atoms with Gasteiger partial charge < -0.3 is 5.32 Å². The number of halogens is 4. The van der Waals surface area contributed by atoms with E-state index < -0.39 is 22.9 Å². The number of nitrogens with zero attached hydrogens (tertiary/aromatic N) is 1. The first-order valence-electron chi connectivity index (χ1n) is 6.43. The lowest BCUT2D eigenvalue weighted by molar-refractivity contribution is -0.137. The fourth-order valence-corrected chi connectivity index (χ4v) is 3.77. The van der Waals surface area contributed by atoms with Crippen LogP contribution < -0.4 is 5.32 Å². The summed E-state index contributed by atoms with van der Waals surface area (Å²) in [5.41, 5.74) is -0.0756. The standard InChI is InChI=1S/C14H12ClF3N2OS2/c1-7-6-22-13(19-7)23-8(2)12(21)20-11-5-9(14(16,17)18)3-4-10(11)15/h3-6,8H,1-2H3,(H,20,21)/t8-/m0/s1. The Kier molecular flexibility index (Phi) is 5.59. The van der Waals surface area contributed by atoms with Crippen molar-refractivity contribution in [1.82, 2.24) is 4.98 Å². The van der Waals surface area contributed by atoms with Crippen LogP contribution >= 0.6 is 34.7 Å². The number of alkyl halides is 3. The van der Waals surface area contributed by atoms with E-state index in [1.54, 1.807) is 6.92 Å². The number of hydrogen-bond donors (Lipinski definition) is 1. The summed E-state index contributed by atoms with van der Waals surface area (Å²) in [4.78, 5) is 16.4. The highest BCUT2D eigenvalue weighted by Crippen LogP contribution is 2.34. The molecule has 1 amide bonds. The molecule has 124 valence electrons. The van der Waals surface area contributed by atoms with Gasteiger partial charge in [0.05, 0.1) is 21.5 Å². The molecule has 0 bridgehead atoms. The van der Waals surface area contributed by atoms with Gasteiger partial charge in [0, 0.05) is 11.1 Å². The maximum absolute atomic E-state index is 12.7. The van der Waals surface area contributed by atoms with E-state index in [1.807, 2.05) is 12.3 Å². The maximum Gasteiger partial charge on any atom is 0.416 e. The summed E-state index contributed by atoms with van der Waals surface area (Å²) in [6.07, 6.45) is -4.50. The van der Waals surface area contributed by atoms with E-state index in [4.69, 9.17) is 11.6 Å². The molecule has 1 aromatic carbocycles. The van der Waals surface area contributed by atoms with Crippen molar-refractivity contribution in [2.45, 2.75) is 29.6 Å². The average Bonchev–Trinajstić information content (AvgIpc) is 2.85. The second-order valence-electron chi connectivity index (χ2n) is 4.70. The summed E-state index contributed by atoms with van der Waals surface area (Å²) < 4.78 is 38.9. The molecule has 0 radical (unpaired) electrons. The van der Waals surface area contributed by atoms with E-state index in [-0.39, 0.29) is 10.7 Å². The molecule has 0 unspecified atom stereocenters. The largest absolute Gasteiger partial charge is 0.416 e. The summed E-state index contributed by atoms with van der Waals surface area (Å²) >= 11 is 8.50. The van der Waals surface area contributed by atoms with Gasteiger partial charge in [-0.25, -0.2) is 4.98 Å². The van der Waals surface area contributed by atoms with Crippen LogP contribution in [0.3, 0.4) is 0 Å². The quantitative estimate of drug-likeness (QED) is 0.737. The molecule has 0 spiro atoms. The molecule has 1 N–H and O–H groups in total. The van der Waals surface area contributed by atoms with Crippen molar-refractivity contribution in [3.05, 3.63) is 39.9 Å². The molecule has 1 atom stereocenters. The van der Waals surface area contributed by atoms with Crippen molar-refractivity contribution in [3.8, 4) is 0 Å². The molecule has 23 heavy (non-hydrogen) atoms. The lowest BCUT2D eigenvalue weighted by Gasteiger charge is -2.14. The second kappa shape index (κ2) is 7.11. The number of amides is 1. The molecule has 2 rings (SSSR count). The van der Waals surface area contributed by atoms with E-state index in [1.165, 1.54) is 23.1 Å². The first-order valence-corrected chi connectivity index (χ1v) is 8.57. The van der Waals surface area contributed by atoms with Crippen LogP contribution in [0.15, 0.2) is 27.9 Å². The Morgan fingerprint density at radius 3 is 2.70 bits per heavy atom. The fraction of sp³-hybridized carbons (Fsp3) is 0.286. The van der Waals surface area contributed by atoms with Gasteiger partial charge in [-0.05, 0) is 32.0 Å². The number of rotatable bonds is 4. The SMILES string of the molecule is Cc1csc(S[C@@H](C)C(=O)Nc2cc(C(F)(F)F)ccc2Cl)n1. The number of thioether (sulfide) groups is 1. The molecule has 0 aliphatic carbocycles. The highest BCUT2D eigenvalue weighted by atomic mass is 35.5. The minimum atomic E-state index is -4.50. The molecule has 1 aromatic heterocycles. The van der Waals surface area contributed by atoms with Gasteiger partial charge in [-0.15, -0.1) is 11.3 Å². The Balaban J connectivity index is 2.10. The second-order valence-corrected chi connectivity index (χ2v) is 7.55. The molecule has 1 heterocycles. The molecule has 0 saturated carbocycles. The van der Waals surface area contributed by atoms with E-state index in [0.717, 1.165) is 28.2 Å². The van der Waals surface area contributed by atoms with Gasteiger partial charge in [-0.1, -0.05) is 23.4 Å². The summed E-state index contributed by atoms with van der Waals surface area (Å²) in [7, 11) is 0. The number of aromatic nitrogens is 1. The number of benzene rings is 1. The van der Waals surface area contributed by atoms with Crippen LogP contribution in [0.2, 0.25) is 5.02 Å². The van der Waals surface area contributed by atoms with Gasteiger partial charge in [0.15, 0.2) is 4.34 Å². The summed E-state index contributed by atoms with van der Waals surface area (Å²) in [6, 6.07) is 2.81. The zero-order chi connectivity index (χ0) is 17.2. The maximum atomic E-state index is 12.7. The highest BCUT2D eigenvalue weighted by molar-refractivity contribution is 8.02. The molecular formula is C14H12ClF3N2OS2. The van der Waals surface area contributed by atoms with Crippen LogP contribution in [-0.2, 0) is 11.0 Å². The highest BCUT2D eigenvalue weighted by Gasteiger charge is 2.31.